The first-order chi connectivity index (χ1) is 8.21. The van der Waals surface area contributed by atoms with Gasteiger partial charge in [0.15, 0.2) is 10.9 Å². The van der Waals surface area contributed by atoms with Gasteiger partial charge < -0.3 is 10.4 Å². The largest absolute Gasteiger partial charge is 0.481 e. The maximum Gasteiger partial charge on any atom is 0.303 e. The highest BCUT2D eigenvalue weighted by atomic mass is 32.1. The summed E-state index contributed by atoms with van der Waals surface area (Å²) in [4.78, 5) is 27.0. The molecule has 1 rings (SSSR count). The van der Waals surface area contributed by atoms with Gasteiger partial charge in [-0.05, 0) is 27.2 Å². The zero-order valence-corrected chi connectivity index (χ0v) is 11.8. The number of aryl methyl sites for hydroxylation is 1. The second-order valence-electron chi connectivity index (χ2n) is 4.88. The molecule has 6 heteroatoms. The van der Waals surface area contributed by atoms with Gasteiger partial charge in [-0.15, -0.1) is 11.3 Å². The fourth-order valence-corrected chi connectivity index (χ4v) is 2.59. The van der Waals surface area contributed by atoms with Gasteiger partial charge in [0, 0.05) is 23.8 Å². The highest BCUT2D eigenvalue weighted by molar-refractivity contribution is 7.15. The van der Waals surface area contributed by atoms with Crippen molar-refractivity contribution in [3.8, 4) is 0 Å². The number of hydrogen-bond donors (Lipinski definition) is 2. The summed E-state index contributed by atoms with van der Waals surface area (Å²) in [6.07, 6.45) is 0.598. The molecule has 1 aromatic heterocycles. The highest BCUT2D eigenvalue weighted by Crippen LogP contribution is 2.26. The highest BCUT2D eigenvalue weighted by Gasteiger charge is 2.21. The molecule has 0 amide bonds. The third kappa shape index (κ3) is 4.10. The van der Waals surface area contributed by atoms with Crippen molar-refractivity contribution < 1.29 is 14.7 Å². The number of carboxylic acids is 1. The fourth-order valence-electron chi connectivity index (χ4n) is 1.55. The van der Waals surface area contributed by atoms with Gasteiger partial charge >= 0.3 is 5.97 Å². The monoisotopic (exact) mass is 270 g/mol. The van der Waals surface area contributed by atoms with E-state index in [4.69, 9.17) is 5.11 Å². The van der Waals surface area contributed by atoms with E-state index in [1.54, 1.807) is 0 Å². The lowest BCUT2D eigenvalue weighted by Gasteiger charge is -2.25. The van der Waals surface area contributed by atoms with Crippen LogP contribution in [0.3, 0.4) is 0 Å². The van der Waals surface area contributed by atoms with Crippen molar-refractivity contribution >= 4 is 28.2 Å². The minimum atomic E-state index is -0.815. The van der Waals surface area contributed by atoms with Gasteiger partial charge in [-0.3, -0.25) is 9.59 Å². The number of Topliss-reactive ketones (excluding diaryl/α,β-unsaturated/α-hetero) is 1. The molecular weight excluding hydrogens is 252 g/mol. The van der Waals surface area contributed by atoms with E-state index in [9.17, 15) is 9.59 Å². The number of carbonyl (C=O) groups excluding carboxylic acids is 1. The maximum atomic E-state index is 11.3. The lowest BCUT2D eigenvalue weighted by molar-refractivity contribution is -0.137. The van der Waals surface area contributed by atoms with Crippen LogP contribution in [0.5, 0.6) is 0 Å². The minimum Gasteiger partial charge on any atom is -0.481 e. The second kappa shape index (κ2) is 5.48. The van der Waals surface area contributed by atoms with E-state index in [1.165, 1.54) is 18.3 Å². The molecule has 18 heavy (non-hydrogen) atoms. The number of carbonyl (C=O) groups is 2. The van der Waals surface area contributed by atoms with Gasteiger partial charge in [0.2, 0.25) is 0 Å². The van der Waals surface area contributed by atoms with Crippen LogP contribution in [0.2, 0.25) is 0 Å². The molecule has 1 aromatic rings. The number of anilines is 1. The van der Waals surface area contributed by atoms with Crippen molar-refractivity contribution in [3.05, 3.63) is 10.6 Å². The number of thiazole rings is 1. The fraction of sp³-hybridized carbons (Fsp3) is 0.583. The molecule has 0 fully saturated rings. The van der Waals surface area contributed by atoms with Gasteiger partial charge in [-0.25, -0.2) is 4.98 Å². The van der Waals surface area contributed by atoms with Crippen LogP contribution in [0.15, 0.2) is 0 Å². The van der Waals surface area contributed by atoms with Gasteiger partial charge in [0.1, 0.15) is 5.69 Å². The summed E-state index contributed by atoms with van der Waals surface area (Å²) in [5, 5.41) is 12.5. The normalized spacial score (nSPS) is 11.3. The molecule has 0 saturated carbocycles. The van der Waals surface area contributed by atoms with Crippen molar-refractivity contribution in [2.75, 3.05) is 5.32 Å². The van der Waals surface area contributed by atoms with Crippen molar-refractivity contribution in [2.45, 2.75) is 46.1 Å². The molecule has 0 aliphatic heterocycles. The Morgan fingerprint density at radius 2 is 2.06 bits per heavy atom. The van der Waals surface area contributed by atoms with Crippen LogP contribution in [0.1, 0.15) is 49.0 Å². The summed E-state index contributed by atoms with van der Waals surface area (Å²) in [6.45, 7) is 7.17. The van der Waals surface area contributed by atoms with Gasteiger partial charge in [-0.2, -0.15) is 0 Å². The van der Waals surface area contributed by atoms with Crippen LogP contribution < -0.4 is 5.32 Å². The first kappa shape index (κ1) is 14.6. The molecule has 2 N–H and O–H groups in total. The van der Waals surface area contributed by atoms with Crippen LogP contribution in [-0.4, -0.2) is 27.4 Å². The Balaban J connectivity index is 2.74. The van der Waals surface area contributed by atoms with Gasteiger partial charge in [0.25, 0.3) is 0 Å². The lowest BCUT2D eigenvalue weighted by Crippen LogP contribution is -2.31. The zero-order chi connectivity index (χ0) is 13.9. The number of rotatable bonds is 6. The molecule has 0 aliphatic rings. The quantitative estimate of drug-likeness (QED) is 0.777. The van der Waals surface area contributed by atoms with E-state index in [0.717, 1.165) is 4.88 Å². The summed E-state index contributed by atoms with van der Waals surface area (Å²) >= 11 is 1.41. The molecule has 0 radical (unpaired) electrons. The Labute approximate surface area is 110 Å². The van der Waals surface area contributed by atoms with E-state index in [2.05, 4.69) is 10.3 Å². The molecular formula is C12H18N2O3S. The van der Waals surface area contributed by atoms with Crippen LogP contribution in [-0.2, 0) is 4.79 Å². The van der Waals surface area contributed by atoms with Crippen molar-refractivity contribution in [1.29, 1.82) is 0 Å². The molecule has 1 heterocycles. The average molecular weight is 270 g/mol. The molecule has 0 aliphatic carbocycles. The average Bonchev–Trinajstić information content (AvgIpc) is 2.56. The smallest absolute Gasteiger partial charge is 0.303 e. The topological polar surface area (TPSA) is 79.3 Å². The standard InChI is InChI=1S/C12H18N2O3S/c1-7(15)10-8(2)18-11(13-10)14-12(3,4)6-5-9(16)17/h5-6H2,1-4H3,(H,13,14)(H,16,17). The van der Waals surface area contributed by atoms with E-state index in [1.807, 2.05) is 20.8 Å². The number of ketones is 1. The van der Waals surface area contributed by atoms with Gasteiger partial charge in [0.05, 0.1) is 0 Å². The number of hydrogen-bond acceptors (Lipinski definition) is 5. The molecule has 5 nitrogen and oxygen atoms in total. The predicted molar refractivity (Wildman–Crippen MR) is 71.4 cm³/mol. The Morgan fingerprint density at radius 1 is 1.44 bits per heavy atom. The number of nitrogens with zero attached hydrogens (tertiary/aromatic N) is 1. The summed E-state index contributed by atoms with van der Waals surface area (Å²) in [5.41, 5.74) is 0.119. The Hall–Kier alpha value is -1.43. The number of nitrogens with one attached hydrogen (secondary N) is 1. The first-order valence-electron chi connectivity index (χ1n) is 5.69. The van der Waals surface area contributed by atoms with E-state index < -0.39 is 5.97 Å². The van der Waals surface area contributed by atoms with Crippen molar-refractivity contribution in [2.24, 2.45) is 0 Å². The van der Waals surface area contributed by atoms with E-state index >= 15 is 0 Å². The van der Waals surface area contributed by atoms with Crippen LogP contribution in [0.25, 0.3) is 0 Å². The van der Waals surface area contributed by atoms with Crippen LogP contribution >= 0.6 is 11.3 Å². The van der Waals surface area contributed by atoms with Crippen molar-refractivity contribution in [3.63, 3.8) is 0 Å². The lowest BCUT2D eigenvalue weighted by atomic mass is 9.99. The predicted octanol–water partition coefficient (Wildman–Crippen LogP) is 2.71. The SMILES string of the molecule is CC(=O)c1nc(NC(C)(C)CCC(=O)O)sc1C. The Bertz CT molecular complexity index is 466. The Morgan fingerprint density at radius 3 is 2.50 bits per heavy atom. The number of aromatic nitrogens is 1. The summed E-state index contributed by atoms with van der Waals surface area (Å²) in [5.74, 6) is -0.871. The van der Waals surface area contributed by atoms with Crippen molar-refractivity contribution in [1.82, 2.24) is 4.98 Å². The maximum absolute atomic E-state index is 11.3. The molecule has 0 unspecified atom stereocenters. The third-order valence-electron chi connectivity index (χ3n) is 2.54. The second-order valence-corrected chi connectivity index (χ2v) is 6.09. The summed E-state index contributed by atoms with van der Waals surface area (Å²) < 4.78 is 0. The summed E-state index contributed by atoms with van der Waals surface area (Å²) in [7, 11) is 0. The van der Waals surface area contributed by atoms with E-state index in [-0.39, 0.29) is 17.7 Å². The molecule has 100 valence electrons. The first-order valence-corrected chi connectivity index (χ1v) is 6.51. The Kier molecular flexibility index (Phi) is 4.45. The van der Waals surface area contributed by atoms with E-state index in [0.29, 0.717) is 17.2 Å². The zero-order valence-electron chi connectivity index (χ0n) is 11.0. The third-order valence-corrected chi connectivity index (χ3v) is 3.43. The molecule has 0 atom stereocenters. The van der Waals surface area contributed by atoms with Crippen LogP contribution in [0.4, 0.5) is 5.13 Å². The molecule has 0 spiro atoms. The van der Waals surface area contributed by atoms with Gasteiger partial charge in [-0.1, -0.05) is 0 Å². The molecule has 0 bridgehead atoms. The summed E-state index contributed by atoms with van der Waals surface area (Å²) in [6, 6.07) is 0. The number of aliphatic carboxylic acids is 1. The van der Waals surface area contributed by atoms with Crippen LogP contribution in [0, 0.1) is 6.92 Å². The number of carboxylic acid groups (broad SMARTS) is 1. The minimum absolute atomic E-state index is 0.0554. The molecule has 0 aromatic carbocycles. The molecule has 0 saturated heterocycles.